The Balaban J connectivity index is 0.000000561. The number of nitrogens with one attached hydrogen (secondary N) is 2. The van der Waals surface area contributed by atoms with Crippen LogP contribution in [0.1, 0.15) is 33.6 Å². The molecule has 0 aromatic heterocycles. The molecule has 1 aliphatic heterocycles. The van der Waals surface area contributed by atoms with Gasteiger partial charge in [0.25, 0.3) is 0 Å². The molecule has 0 aliphatic carbocycles. The first kappa shape index (κ1) is 11.0. The van der Waals surface area contributed by atoms with Crippen LogP contribution in [0.2, 0.25) is 0 Å². The summed E-state index contributed by atoms with van der Waals surface area (Å²) in [7, 11) is 1.81. The monoisotopic (exact) mass is 170 g/mol. The van der Waals surface area contributed by atoms with Crippen molar-refractivity contribution in [3.8, 4) is 0 Å². The van der Waals surface area contributed by atoms with Gasteiger partial charge in [-0.05, 0) is 18.9 Å². The van der Waals surface area contributed by atoms with E-state index in [4.69, 9.17) is 0 Å². The van der Waals surface area contributed by atoms with Crippen LogP contribution in [0.3, 0.4) is 0 Å². The Morgan fingerprint density at radius 3 is 2.33 bits per heavy atom. The first-order valence-electron chi connectivity index (χ1n) is 4.41. The Morgan fingerprint density at radius 1 is 1.33 bits per heavy atom. The van der Waals surface area contributed by atoms with Gasteiger partial charge in [0.15, 0.2) is 0 Å². The lowest BCUT2D eigenvalue weighted by atomic mass is 10.1. The molecule has 0 unspecified atom stereocenters. The van der Waals surface area contributed by atoms with Crippen molar-refractivity contribution >= 4 is 5.91 Å². The van der Waals surface area contributed by atoms with Crippen molar-refractivity contribution in [1.82, 2.24) is 10.6 Å². The summed E-state index contributed by atoms with van der Waals surface area (Å²) in [5, 5.41) is 5.68. The molecule has 1 heterocycles. The fraction of sp³-hybridized carbons (Fsp3) is 0.667. The molecule has 0 atom stereocenters. The first-order chi connectivity index (χ1) is 5.74. The van der Waals surface area contributed by atoms with Crippen molar-refractivity contribution < 1.29 is 4.79 Å². The Hall–Kier alpha value is -0.990. The maximum atomic E-state index is 10.8. The van der Waals surface area contributed by atoms with Crippen LogP contribution in [-0.4, -0.2) is 13.0 Å². The van der Waals surface area contributed by atoms with E-state index >= 15 is 0 Å². The third-order valence-electron chi connectivity index (χ3n) is 1.67. The Labute approximate surface area is 74.2 Å². The van der Waals surface area contributed by atoms with Crippen LogP contribution in [0.4, 0.5) is 0 Å². The van der Waals surface area contributed by atoms with Crippen molar-refractivity contribution in [2.45, 2.75) is 33.6 Å². The topological polar surface area (TPSA) is 41.1 Å². The summed E-state index contributed by atoms with van der Waals surface area (Å²) in [4.78, 5) is 10.8. The van der Waals surface area contributed by atoms with Gasteiger partial charge >= 0.3 is 0 Å². The third-order valence-corrected chi connectivity index (χ3v) is 1.67. The largest absolute Gasteiger partial charge is 0.375 e. The van der Waals surface area contributed by atoms with E-state index in [9.17, 15) is 4.79 Å². The lowest BCUT2D eigenvalue weighted by Crippen LogP contribution is -2.33. The SMILES string of the molecule is CC.CNC1=C(C)CCC(=O)N1. The molecule has 1 aliphatic rings. The average molecular weight is 170 g/mol. The molecule has 0 spiro atoms. The summed E-state index contributed by atoms with van der Waals surface area (Å²) in [6, 6.07) is 0. The quantitative estimate of drug-likeness (QED) is 0.624. The summed E-state index contributed by atoms with van der Waals surface area (Å²) < 4.78 is 0. The van der Waals surface area contributed by atoms with Crippen LogP contribution in [-0.2, 0) is 4.79 Å². The lowest BCUT2D eigenvalue weighted by Gasteiger charge is -2.17. The van der Waals surface area contributed by atoms with E-state index < -0.39 is 0 Å². The molecular formula is C9H18N2O. The molecule has 2 N–H and O–H groups in total. The van der Waals surface area contributed by atoms with Crippen molar-refractivity contribution in [2.75, 3.05) is 7.05 Å². The van der Waals surface area contributed by atoms with Crippen molar-refractivity contribution in [3.05, 3.63) is 11.4 Å². The standard InChI is InChI=1S/C7H12N2O.C2H6/c1-5-3-4-6(10)9-7(5)8-2;1-2/h8H,3-4H2,1-2H3,(H,9,10);1-2H3. The van der Waals surface area contributed by atoms with Crippen molar-refractivity contribution in [1.29, 1.82) is 0 Å². The zero-order valence-electron chi connectivity index (χ0n) is 8.32. The van der Waals surface area contributed by atoms with Gasteiger partial charge in [0.2, 0.25) is 5.91 Å². The minimum atomic E-state index is 0.106. The van der Waals surface area contributed by atoms with Crippen LogP contribution < -0.4 is 10.6 Å². The maximum absolute atomic E-state index is 10.8. The maximum Gasteiger partial charge on any atom is 0.225 e. The van der Waals surface area contributed by atoms with Crippen molar-refractivity contribution in [2.24, 2.45) is 0 Å². The first-order valence-corrected chi connectivity index (χ1v) is 4.41. The highest BCUT2D eigenvalue weighted by Crippen LogP contribution is 2.11. The van der Waals surface area contributed by atoms with Gasteiger partial charge < -0.3 is 10.6 Å². The molecule has 0 bridgehead atoms. The van der Waals surface area contributed by atoms with Gasteiger partial charge in [0, 0.05) is 13.5 Å². The normalized spacial score (nSPS) is 16.2. The number of hydrogen-bond donors (Lipinski definition) is 2. The van der Waals surface area contributed by atoms with Gasteiger partial charge in [-0.15, -0.1) is 0 Å². The van der Waals surface area contributed by atoms with E-state index in [2.05, 4.69) is 10.6 Å². The number of hydrogen-bond acceptors (Lipinski definition) is 2. The number of allylic oxidation sites excluding steroid dienone is 1. The van der Waals surface area contributed by atoms with E-state index in [1.807, 2.05) is 27.8 Å². The molecule has 0 radical (unpaired) electrons. The van der Waals surface area contributed by atoms with Gasteiger partial charge in [0.1, 0.15) is 5.82 Å². The molecule has 70 valence electrons. The Kier molecular flexibility index (Phi) is 5.17. The minimum absolute atomic E-state index is 0.106. The summed E-state index contributed by atoms with van der Waals surface area (Å²) in [6.07, 6.45) is 1.50. The number of amides is 1. The molecule has 0 fully saturated rings. The fourth-order valence-corrected chi connectivity index (χ4v) is 1.01. The highest BCUT2D eigenvalue weighted by Gasteiger charge is 2.12. The van der Waals surface area contributed by atoms with Gasteiger partial charge in [-0.1, -0.05) is 13.8 Å². The van der Waals surface area contributed by atoms with E-state index in [1.54, 1.807) is 0 Å². The summed E-state index contributed by atoms with van der Waals surface area (Å²) in [5.74, 6) is 0.978. The number of carbonyl (C=O) groups excluding carboxylic acids is 1. The molecule has 3 nitrogen and oxygen atoms in total. The van der Waals surface area contributed by atoms with Crippen molar-refractivity contribution in [3.63, 3.8) is 0 Å². The summed E-state index contributed by atoms with van der Waals surface area (Å²) >= 11 is 0. The molecule has 12 heavy (non-hydrogen) atoms. The van der Waals surface area contributed by atoms with Gasteiger partial charge in [-0.2, -0.15) is 0 Å². The molecule has 0 aromatic carbocycles. The van der Waals surface area contributed by atoms with Gasteiger partial charge in [-0.3, -0.25) is 4.79 Å². The zero-order valence-corrected chi connectivity index (χ0v) is 8.32. The Morgan fingerprint density at radius 2 is 1.92 bits per heavy atom. The lowest BCUT2D eigenvalue weighted by molar-refractivity contribution is -0.120. The molecule has 1 rings (SSSR count). The van der Waals surface area contributed by atoms with Gasteiger partial charge in [-0.25, -0.2) is 0 Å². The molecule has 0 saturated heterocycles. The average Bonchev–Trinajstić information content (AvgIpc) is 2.13. The van der Waals surface area contributed by atoms with Crippen LogP contribution in [0.5, 0.6) is 0 Å². The highest BCUT2D eigenvalue weighted by atomic mass is 16.1. The van der Waals surface area contributed by atoms with Gasteiger partial charge in [0.05, 0.1) is 0 Å². The molecular weight excluding hydrogens is 152 g/mol. The molecule has 0 aromatic rings. The number of carbonyl (C=O) groups is 1. The van der Waals surface area contributed by atoms with Crippen LogP contribution in [0.25, 0.3) is 0 Å². The molecule has 3 heteroatoms. The second-order valence-corrected chi connectivity index (χ2v) is 2.45. The Bertz CT molecular complexity index is 185. The van der Waals surface area contributed by atoms with Crippen LogP contribution in [0.15, 0.2) is 11.4 Å². The predicted molar refractivity (Wildman–Crippen MR) is 50.5 cm³/mol. The highest BCUT2D eigenvalue weighted by molar-refractivity contribution is 5.79. The minimum Gasteiger partial charge on any atom is -0.375 e. The molecule has 0 saturated carbocycles. The number of rotatable bonds is 1. The zero-order chi connectivity index (χ0) is 9.56. The van der Waals surface area contributed by atoms with Crippen LogP contribution in [0, 0.1) is 0 Å². The van der Waals surface area contributed by atoms with E-state index in [-0.39, 0.29) is 5.91 Å². The third kappa shape index (κ3) is 2.95. The van der Waals surface area contributed by atoms with Crippen LogP contribution >= 0.6 is 0 Å². The summed E-state index contributed by atoms with van der Waals surface area (Å²) in [6.45, 7) is 6.02. The smallest absolute Gasteiger partial charge is 0.225 e. The molecule has 1 amide bonds. The predicted octanol–water partition coefficient (Wildman–Crippen LogP) is 1.37. The van der Waals surface area contributed by atoms with E-state index in [0.717, 1.165) is 12.2 Å². The second kappa shape index (κ2) is 5.63. The van der Waals surface area contributed by atoms with E-state index in [1.165, 1.54) is 5.57 Å². The second-order valence-electron chi connectivity index (χ2n) is 2.45. The fourth-order valence-electron chi connectivity index (χ4n) is 1.01. The summed E-state index contributed by atoms with van der Waals surface area (Å²) in [5.41, 5.74) is 1.22. The van der Waals surface area contributed by atoms with E-state index in [0.29, 0.717) is 6.42 Å².